The number of carbonyl (C=O) groups is 1. The Morgan fingerprint density at radius 2 is 2.00 bits per heavy atom. The van der Waals surface area contributed by atoms with Crippen molar-refractivity contribution in [2.75, 3.05) is 13.2 Å². The molecule has 0 saturated heterocycles. The number of aliphatic hydroxyl groups is 1. The highest BCUT2D eigenvalue weighted by atomic mass is 32.1. The molecule has 1 aromatic carbocycles. The minimum atomic E-state index is -0.782. The Labute approximate surface area is 146 Å². The number of rotatable bonds is 6. The molecule has 1 atom stereocenters. The van der Waals surface area contributed by atoms with Crippen LogP contribution in [0.1, 0.15) is 41.8 Å². The molecule has 6 heteroatoms. The lowest BCUT2D eigenvalue weighted by molar-refractivity contribution is 0.0840. The number of aryl methyl sites for hydroxylation is 1. The van der Waals surface area contributed by atoms with Crippen molar-refractivity contribution in [2.24, 2.45) is 0 Å². The van der Waals surface area contributed by atoms with Crippen LogP contribution in [0.5, 0.6) is 5.75 Å². The second-order valence-electron chi connectivity index (χ2n) is 6.70. The summed E-state index contributed by atoms with van der Waals surface area (Å²) in [5.41, 5.74) is 1.70. The Hall–Kier alpha value is -1.92. The zero-order valence-electron chi connectivity index (χ0n) is 14.5. The molecule has 1 amide bonds. The molecule has 1 aromatic heterocycles. The molecule has 0 fully saturated rings. The van der Waals surface area contributed by atoms with Crippen molar-refractivity contribution in [2.45, 2.75) is 39.2 Å². The molecule has 0 spiro atoms. The zero-order chi connectivity index (χ0) is 17.7. The van der Waals surface area contributed by atoms with E-state index in [1.165, 1.54) is 16.9 Å². The molecule has 130 valence electrons. The molecule has 0 aliphatic carbocycles. The van der Waals surface area contributed by atoms with E-state index in [0.29, 0.717) is 11.4 Å². The summed E-state index contributed by atoms with van der Waals surface area (Å²) in [7, 11) is 0. The molecule has 2 N–H and O–H groups in total. The molecule has 0 unspecified atom stereocenters. The van der Waals surface area contributed by atoms with E-state index < -0.39 is 6.10 Å². The number of benzene rings is 1. The Morgan fingerprint density at radius 3 is 2.54 bits per heavy atom. The summed E-state index contributed by atoms with van der Waals surface area (Å²) in [6.45, 7) is 8.53. The monoisotopic (exact) mass is 348 g/mol. The molecule has 0 radical (unpaired) electrons. The fraction of sp³-hybridized carbons (Fsp3) is 0.444. The summed E-state index contributed by atoms with van der Waals surface area (Å²) >= 11 is 1.42. The number of hydrogen-bond acceptors (Lipinski definition) is 5. The molecule has 0 bridgehead atoms. The first kappa shape index (κ1) is 18.4. The first-order valence-electron chi connectivity index (χ1n) is 7.87. The number of carbonyl (C=O) groups excluding carboxylic acids is 1. The van der Waals surface area contributed by atoms with Gasteiger partial charge in [-0.1, -0.05) is 32.9 Å². The largest absolute Gasteiger partial charge is 0.491 e. The van der Waals surface area contributed by atoms with Crippen molar-refractivity contribution in [3.8, 4) is 5.75 Å². The smallest absolute Gasteiger partial charge is 0.270 e. The third-order valence-electron chi connectivity index (χ3n) is 3.51. The SMILES string of the molecule is Cc1nc(C(=O)NC[C@H](O)COc2ccc(C(C)(C)C)cc2)cs1. The minimum absolute atomic E-state index is 0.0936. The van der Waals surface area contributed by atoms with Crippen LogP contribution in [0.3, 0.4) is 0 Å². The van der Waals surface area contributed by atoms with Crippen LogP contribution in [-0.2, 0) is 5.41 Å². The Bertz CT molecular complexity index is 674. The number of aliphatic hydroxyl groups excluding tert-OH is 1. The van der Waals surface area contributed by atoms with Gasteiger partial charge in [-0.2, -0.15) is 0 Å². The highest BCUT2D eigenvalue weighted by Gasteiger charge is 2.14. The first-order valence-corrected chi connectivity index (χ1v) is 8.75. The van der Waals surface area contributed by atoms with Crippen LogP contribution in [-0.4, -0.2) is 35.3 Å². The van der Waals surface area contributed by atoms with E-state index in [1.807, 2.05) is 31.2 Å². The fourth-order valence-corrected chi connectivity index (χ4v) is 2.66. The number of nitrogens with zero attached hydrogens (tertiary/aromatic N) is 1. The Balaban J connectivity index is 1.76. The van der Waals surface area contributed by atoms with E-state index in [4.69, 9.17) is 4.74 Å². The van der Waals surface area contributed by atoms with Crippen LogP contribution in [0, 0.1) is 6.92 Å². The summed E-state index contributed by atoms with van der Waals surface area (Å²) < 4.78 is 5.56. The van der Waals surface area contributed by atoms with Crippen molar-refractivity contribution in [1.29, 1.82) is 0 Å². The standard InChI is InChI=1S/C18H24N2O3S/c1-12-20-16(11-24-12)17(22)19-9-14(21)10-23-15-7-5-13(6-8-15)18(2,3)4/h5-8,11,14,21H,9-10H2,1-4H3,(H,19,22)/t14-/m0/s1. The zero-order valence-corrected chi connectivity index (χ0v) is 15.3. The number of hydrogen-bond donors (Lipinski definition) is 2. The second-order valence-corrected chi connectivity index (χ2v) is 7.76. The number of amides is 1. The van der Waals surface area contributed by atoms with E-state index in [1.54, 1.807) is 5.38 Å². The predicted octanol–water partition coefficient (Wildman–Crippen LogP) is 2.92. The third kappa shape index (κ3) is 5.32. The van der Waals surface area contributed by atoms with Gasteiger partial charge in [0.2, 0.25) is 0 Å². The van der Waals surface area contributed by atoms with Gasteiger partial charge in [-0.25, -0.2) is 4.98 Å². The predicted molar refractivity (Wildman–Crippen MR) is 95.8 cm³/mol. The summed E-state index contributed by atoms with van der Waals surface area (Å²) in [4.78, 5) is 16.0. The minimum Gasteiger partial charge on any atom is -0.491 e. The molecule has 0 aliphatic rings. The topological polar surface area (TPSA) is 71.5 Å². The maximum atomic E-state index is 11.8. The van der Waals surface area contributed by atoms with Crippen molar-refractivity contribution in [1.82, 2.24) is 10.3 Å². The van der Waals surface area contributed by atoms with Gasteiger partial charge in [0.1, 0.15) is 24.2 Å². The summed E-state index contributed by atoms with van der Waals surface area (Å²) in [6, 6.07) is 7.83. The molecule has 0 aliphatic heterocycles. The average Bonchev–Trinajstić information content (AvgIpc) is 2.96. The maximum Gasteiger partial charge on any atom is 0.270 e. The molecular formula is C18H24N2O3S. The molecular weight excluding hydrogens is 324 g/mol. The van der Waals surface area contributed by atoms with Gasteiger partial charge in [0, 0.05) is 11.9 Å². The highest BCUT2D eigenvalue weighted by Crippen LogP contribution is 2.24. The highest BCUT2D eigenvalue weighted by molar-refractivity contribution is 7.09. The van der Waals surface area contributed by atoms with Gasteiger partial charge in [-0.05, 0) is 30.0 Å². The van der Waals surface area contributed by atoms with Gasteiger partial charge < -0.3 is 15.2 Å². The van der Waals surface area contributed by atoms with Gasteiger partial charge in [-0.15, -0.1) is 11.3 Å². The van der Waals surface area contributed by atoms with Crippen molar-refractivity contribution in [3.05, 3.63) is 45.9 Å². The summed E-state index contributed by atoms with van der Waals surface area (Å²) in [5.74, 6) is 0.413. The maximum absolute atomic E-state index is 11.8. The normalized spacial score (nSPS) is 12.7. The summed E-state index contributed by atoms with van der Waals surface area (Å²) in [6.07, 6.45) is -0.782. The Morgan fingerprint density at radius 1 is 1.33 bits per heavy atom. The van der Waals surface area contributed by atoms with Crippen LogP contribution in [0.4, 0.5) is 0 Å². The summed E-state index contributed by atoms with van der Waals surface area (Å²) in [5, 5.41) is 15.1. The van der Waals surface area contributed by atoms with E-state index >= 15 is 0 Å². The molecule has 24 heavy (non-hydrogen) atoms. The van der Waals surface area contributed by atoms with Crippen LogP contribution in [0.15, 0.2) is 29.6 Å². The molecule has 0 saturated carbocycles. The van der Waals surface area contributed by atoms with E-state index in [0.717, 1.165) is 5.01 Å². The van der Waals surface area contributed by atoms with Gasteiger partial charge in [-0.3, -0.25) is 4.79 Å². The fourth-order valence-electron chi connectivity index (χ4n) is 2.07. The number of aromatic nitrogens is 1. The van der Waals surface area contributed by atoms with Crippen molar-refractivity contribution >= 4 is 17.2 Å². The van der Waals surface area contributed by atoms with Crippen LogP contribution < -0.4 is 10.1 Å². The Kier molecular flexibility index (Phi) is 5.96. The van der Waals surface area contributed by atoms with Crippen molar-refractivity contribution in [3.63, 3.8) is 0 Å². The second kappa shape index (κ2) is 7.77. The van der Waals surface area contributed by atoms with Gasteiger partial charge in [0.05, 0.1) is 5.01 Å². The number of nitrogens with one attached hydrogen (secondary N) is 1. The lowest BCUT2D eigenvalue weighted by atomic mass is 9.87. The van der Waals surface area contributed by atoms with E-state index in [-0.39, 0.29) is 24.5 Å². The lowest BCUT2D eigenvalue weighted by Gasteiger charge is -2.19. The number of thiazole rings is 1. The average molecular weight is 348 g/mol. The first-order chi connectivity index (χ1) is 11.3. The van der Waals surface area contributed by atoms with Crippen LogP contribution in [0.2, 0.25) is 0 Å². The quantitative estimate of drug-likeness (QED) is 0.842. The van der Waals surface area contributed by atoms with Gasteiger partial charge in [0.15, 0.2) is 0 Å². The third-order valence-corrected chi connectivity index (χ3v) is 4.29. The lowest BCUT2D eigenvalue weighted by Crippen LogP contribution is -2.35. The van der Waals surface area contributed by atoms with Crippen molar-refractivity contribution < 1.29 is 14.6 Å². The van der Waals surface area contributed by atoms with E-state index in [9.17, 15) is 9.90 Å². The molecule has 1 heterocycles. The molecule has 2 rings (SSSR count). The van der Waals surface area contributed by atoms with Gasteiger partial charge >= 0.3 is 0 Å². The van der Waals surface area contributed by atoms with Gasteiger partial charge in [0.25, 0.3) is 5.91 Å². The molecule has 5 nitrogen and oxygen atoms in total. The van der Waals surface area contributed by atoms with Crippen LogP contribution in [0.25, 0.3) is 0 Å². The van der Waals surface area contributed by atoms with Crippen LogP contribution >= 0.6 is 11.3 Å². The van der Waals surface area contributed by atoms with E-state index in [2.05, 4.69) is 31.1 Å². The molecule has 2 aromatic rings. The number of ether oxygens (including phenoxy) is 1.